The number of hydrogen-bond acceptors (Lipinski definition) is 3. The molecular formula is C15H27N3. The van der Waals surface area contributed by atoms with Gasteiger partial charge < -0.3 is 5.32 Å². The summed E-state index contributed by atoms with van der Waals surface area (Å²) in [5.41, 5.74) is 3.26. The molecule has 0 spiro atoms. The van der Waals surface area contributed by atoms with Crippen molar-refractivity contribution >= 4 is 0 Å². The van der Waals surface area contributed by atoms with Gasteiger partial charge in [-0.25, -0.2) is 0 Å². The molecule has 0 radical (unpaired) electrons. The van der Waals surface area contributed by atoms with Crippen LogP contribution in [0.2, 0.25) is 0 Å². The standard InChI is InChI=1S/C15H27N3/c1-12(14-7-16-8-14)9-18-11-15-5-3-4-6-17(15)10-13(18)2/h13,15-16H,3-11H2,1-2H3. The van der Waals surface area contributed by atoms with Crippen LogP contribution in [0.15, 0.2) is 11.1 Å². The molecule has 3 rings (SSSR count). The van der Waals surface area contributed by atoms with E-state index >= 15 is 0 Å². The van der Waals surface area contributed by atoms with E-state index in [9.17, 15) is 0 Å². The van der Waals surface area contributed by atoms with Crippen molar-refractivity contribution in [3.8, 4) is 0 Å². The molecule has 0 aromatic carbocycles. The first-order valence-corrected chi connectivity index (χ1v) is 7.60. The first-order chi connectivity index (χ1) is 8.74. The second kappa shape index (κ2) is 5.32. The van der Waals surface area contributed by atoms with E-state index < -0.39 is 0 Å². The molecular weight excluding hydrogens is 222 g/mol. The van der Waals surface area contributed by atoms with Crippen molar-refractivity contribution in [1.29, 1.82) is 0 Å². The van der Waals surface area contributed by atoms with Crippen LogP contribution in [-0.2, 0) is 0 Å². The molecule has 3 aliphatic heterocycles. The summed E-state index contributed by atoms with van der Waals surface area (Å²) in [4.78, 5) is 5.45. The summed E-state index contributed by atoms with van der Waals surface area (Å²) in [5, 5.41) is 3.35. The number of piperidine rings is 1. The fraction of sp³-hybridized carbons (Fsp3) is 0.867. The van der Waals surface area contributed by atoms with Gasteiger partial charge in [-0.3, -0.25) is 9.80 Å². The van der Waals surface area contributed by atoms with Crippen LogP contribution in [0.25, 0.3) is 0 Å². The zero-order chi connectivity index (χ0) is 12.5. The van der Waals surface area contributed by atoms with E-state index in [-0.39, 0.29) is 0 Å². The second-order valence-electron chi connectivity index (χ2n) is 6.41. The summed E-state index contributed by atoms with van der Waals surface area (Å²) in [5.74, 6) is 0. The Kier molecular flexibility index (Phi) is 3.73. The Hall–Kier alpha value is -0.380. The normalized spacial score (nSPS) is 34.0. The zero-order valence-electron chi connectivity index (χ0n) is 11.9. The van der Waals surface area contributed by atoms with Gasteiger partial charge in [-0.15, -0.1) is 0 Å². The quantitative estimate of drug-likeness (QED) is 0.748. The number of piperazine rings is 1. The van der Waals surface area contributed by atoms with Crippen molar-refractivity contribution in [2.75, 3.05) is 39.3 Å². The summed E-state index contributed by atoms with van der Waals surface area (Å²) in [6.45, 7) is 12.1. The van der Waals surface area contributed by atoms with Gasteiger partial charge in [0.2, 0.25) is 0 Å². The summed E-state index contributed by atoms with van der Waals surface area (Å²) in [7, 11) is 0. The van der Waals surface area contributed by atoms with E-state index in [2.05, 4.69) is 29.0 Å². The molecule has 3 heterocycles. The minimum atomic E-state index is 0.725. The van der Waals surface area contributed by atoms with Crippen LogP contribution >= 0.6 is 0 Å². The molecule has 0 amide bonds. The van der Waals surface area contributed by atoms with Crippen molar-refractivity contribution in [3.63, 3.8) is 0 Å². The number of rotatable bonds is 2. The van der Waals surface area contributed by atoms with E-state index in [1.54, 1.807) is 11.1 Å². The molecule has 3 saturated heterocycles. The third-order valence-corrected chi connectivity index (χ3v) is 5.04. The van der Waals surface area contributed by atoms with Crippen LogP contribution in [0.5, 0.6) is 0 Å². The fourth-order valence-electron chi connectivity index (χ4n) is 3.60. The first kappa shape index (κ1) is 12.6. The topological polar surface area (TPSA) is 18.5 Å². The highest BCUT2D eigenvalue weighted by atomic mass is 15.3. The van der Waals surface area contributed by atoms with Gasteiger partial charge in [0.15, 0.2) is 0 Å². The predicted molar refractivity (Wildman–Crippen MR) is 75.8 cm³/mol. The molecule has 102 valence electrons. The van der Waals surface area contributed by atoms with Crippen molar-refractivity contribution in [1.82, 2.24) is 15.1 Å². The molecule has 0 bridgehead atoms. The molecule has 0 aromatic rings. The van der Waals surface area contributed by atoms with Crippen molar-refractivity contribution in [2.45, 2.75) is 45.2 Å². The van der Waals surface area contributed by atoms with Gasteiger partial charge >= 0.3 is 0 Å². The van der Waals surface area contributed by atoms with Crippen LogP contribution in [0.1, 0.15) is 33.1 Å². The number of nitrogens with one attached hydrogen (secondary N) is 1. The lowest BCUT2D eigenvalue weighted by molar-refractivity contribution is 0.0201. The van der Waals surface area contributed by atoms with Crippen LogP contribution < -0.4 is 5.32 Å². The Morgan fingerprint density at radius 2 is 2.11 bits per heavy atom. The molecule has 1 N–H and O–H groups in total. The first-order valence-electron chi connectivity index (χ1n) is 7.60. The average Bonchev–Trinajstić information content (AvgIpc) is 2.27. The average molecular weight is 249 g/mol. The van der Waals surface area contributed by atoms with Crippen molar-refractivity contribution in [3.05, 3.63) is 11.1 Å². The molecule has 18 heavy (non-hydrogen) atoms. The highest BCUT2D eigenvalue weighted by molar-refractivity contribution is 5.22. The highest BCUT2D eigenvalue weighted by Gasteiger charge is 2.32. The van der Waals surface area contributed by atoms with Gasteiger partial charge in [0.05, 0.1) is 0 Å². The number of fused-ring (bicyclic) bond motifs is 1. The summed E-state index contributed by atoms with van der Waals surface area (Å²) in [6.07, 6.45) is 4.27. The largest absolute Gasteiger partial charge is 0.309 e. The van der Waals surface area contributed by atoms with Crippen LogP contribution in [0.3, 0.4) is 0 Å². The lowest BCUT2D eigenvalue weighted by atomic mass is 9.96. The molecule has 3 aliphatic rings. The Morgan fingerprint density at radius 1 is 1.28 bits per heavy atom. The molecule has 0 aliphatic carbocycles. The number of nitrogens with zero attached hydrogens (tertiary/aromatic N) is 2. The molecule has 2 atom stereocenters. The Bertz CT molecular complexity index is 331. The summed E-state index contributed by atoms with van der Waals surface area (Å²) < 4.78 is 0. The van der Waals surface area contributed by atoms with E-state index in [1.807, 2.05) is 0 Å². The smallest absolute Gasteiger partial charge is 0.0224 e. The summed E-state index contributed by atoms with van der Waals surface area (Å²) in [6, 6.07) is 1.57. The lowest BCUT2D eigenvalue weighted by Gasteiger charge is -2.48. The minimum absolute atomic E-state index is 0.725. The number of hydrogen-bond donors (Lipinski definition) is 1. The van der Waals surface area contributed by atoms with Crippen LogP contribution in [-0.4, -0.2) is 61.2 Å². The Labute approximate surface area is 111 Å². The van der Waals surface area contributed by atoms with E-state index in [4.69, 9.17) is 0 Å². The lowest BCUT2D eigenvalue weighted by Crippen LogP contribution is -2.59. The molecule has 3 nitrogen and oxygen atoms in total. The van der Waals surface area contributed by atoms with Gasteiger partial charge in [-0.2, -0.15) is 0 Å². The molecule has 2 unspecified atom stereocenters. The second-order valence-corrected chi connectivity index (χ2v) is 6.41. The van der Waals surface area contributed by atoms with Gasteiger partial charge in [0, 0.05) is 44.8 Å². The maximum atomic E-state index is 3.35. The van der Waals surface area contributed by atoms with Gasteiger partial charge in [0.25, 0.3) is 0 Å². The third kappa shape index (κ3) is 2.49. The highest BCUT2D eigenvalue weighted by Crippen LogP contribution is 2.25. The maximum Gasteiger partial charge on any atom is 0.0224 e. The zero-order valence-corrected chi connectivity index (χ0v) is 11.9. The maximum absolute atomic E-state index is 3.35. The molecule has 0 aromatic heterocycles. The van der Waals surface area contributed by atoms with E-state index in [0.717, 1.165) is 25.2 Å². The molecule has 3 heteroatoms. The third-order valence-electron chi connectivity index (χ3n) is 5.04. The van der Waals surface area contributed by atoms with E-state index in [1.165, 1.54) is 45.4 Å². The predicted octanol–water partition coefficient (Wildman–Crippen LogP) is 1.46. The van der Waals surface area contributed by atoms with Crippen molar-refractivity contribution < 1.29 is 0 Å². The Morgan fingerprint density at radius 3 is 2.83 bits per heavy atom. The van der Waals surface area contributed by atoms with Gasteiger partial charge in [0.1, 0.15) is 0 Å². The van der Waals surface area contributed by atoms with Gasteiger partial charge in [-0.1, -0.05) is 12.0 Å². The molecule has 0 saturated carbocycles. The summed E-state index contributed by atoms with van der Waals surface area (Å²) >= 11 is 0. The van der Waals surface area contributed by atoms with Gasteiger partial charge in [-0.05, 0) is 38.8 Å². The monoisotopic (exact) mass is 249 g/mol. The fourth-order valence-corrected chi connectivity index (χ4v) is 3.60. The van der Waals surface area contributed by atoms with Crippen molar-refractivity contribution in [2.24, 2.45) is 0 Å². The Balaban J connectivity index is 1.62. The van der Waals surface area contributed by atoms with E-state index in [0.29, 0.717) is 0 Å². The SMILES string of the molecule is CC(CN1CC2CCCCN2CC1C)=C1CNC1. The van der Waals surface area contributed by atoms with Crippen LogP contribution in [0, 0.1) is 0 Å². The molecule has 3 fully saturated rings. The van der Waals surface area contributed by atoms with Crippen LogP contribution in [0.4, 0.5) is 0 Å². The minimum Gasteiger partial charge on any atom is -0.309 e.